The molecule has 1 aliphatic heterocycles. The fraction of sp³-hybridized carbons (Fsp3) is 0.217. The molecule has 35 heavy (non-hydrogen) atoms. The molecule has 0 radical (unpaired) electrons. The smallest absolute Gasteiger partial charge is 0.325 e. The highest BCUT2D eigenvalue weighted by Gasteiger charge is 2.32. The summed E-state index contributed by atoms with van der Waals surface area (Å²) < 4.78 is 32.8. The Hall–Kier alpha value is -4.19. The first kappa shape index (κ1) is 24.0. The average molecular weight is 497 g/mol. The number of carbonyl (C=O) groups excluding carboxylic acids is 2. The minimum Gasteiger partial charge on any atom is -0.495 e. The van der Waals surface area contributed by atoms with Crippen molar-refractivity contribution >= 4 is 39.3 Å². The van der Waals surface area contributed by atoms with Crippen LogP contribution in [0.4, 0.5) is 22.1 Å². The van der Waals surface area contributed by atoms with E-state index in [1.165, 1.54) is 42.5 Å². The monoisotopic (exact) mass is 496 g/mol. The first-order valence-electron chi connectivity index (χ1n) is 10.7. The molecule has 182 valence electrons. The molecule has 2 heterocycles. The van der Waals surface area contributed by atoms with Crippen molar-refractivity contribution in [2.75, 3.05) is 41.7 Å². The number of methoxy groups -OCH3 is 1. The van der Waals surface area contributed by atoms with Gasteiger partial charge in [0.15, 0.2) is 0 Å². The lowest BCUT2D eigenvalue weighted by molar-refractivity contribution is -0.116. The molecule has 3 aromatic rings. The molecule has 0 atom stereocenters. The summed E-state index contributed by atoms with van der Waals surface area (Å²) in [5.41, 5.74) is 1.66. The Bertz CT molecular complexity index is 1350. The number of nitrogens with one attached hydrogen (secondary N) is 2. The Morgan fingerprint density at radius 2 is 1.83 bits per heavy atom. The van der Waals surface area contributed by atoms with E-state index < -0.39 is 15.9 Å². The van der Waals surface area contributed by atoms with E-state index in [1.807, 2.05) is 12.1 Å². The first-order chi connectivity index (χ1) is 16.8. The second-order valence-corrected chi connectivity index (χ2v) is 9.41. The maximum absolute atomic E-state index is 12.8. The van der Waals surface area contributed by atoms with Gasteiger partial charge in [-0.2, -0.15) is 0 Å². The van der Waals surface area contributed by atoms with Crippen LogP contribution in [0.25, 0.3) is 0 Å². The minimum absolute atomic E-state index is 0.0113. The number of hydrogen-bond acceptors (Lipinski definition) is 7. The zero-order valence-corrected chi connectivity index (χ0v) is 19.9. The third kappa shape index (κ3) is 5.49. The second-order valence-electron chi connectivity index (χ2n) is 7.73. The molecule has 12 heteroatoms. The van der Waals surface area contributed by atoms with Crippen LogP contribution in [0.1, 0.15) is 5.69 Å². The zero-order chi connectivity index (χ0) is 25.0. The quantitative estimate of drug-likeness (QED) is 0.489. The topological polar surface area (TPSA) is 134 Å². The molecule has 0 bridgehead atoms. The highest BCUT2D eigenvalue weighted by atomic mass is 32.2. The van der Waals surface area contributed by atoms with E-state index in [1.54, 1.807) is 30.0 Å². The number of rotatable bonds is 8. The van der Waals surface area contributed by atoms with Crippen molar-refractivity contribution in [1.29, 1.82) is 0 Å². The number of para-hydroxylation sites is 2. The third-order valence-electron chi connectivity index (χ3n) is 5.27. The van der Waals surface area contributed by atoms with Gasteiger partial charge in [-0.25, -0.2) is 27.9 Å². The first-order valence-corrected chi connectivity index (χ1v) is 12.2. The summed E-state index contributed by atoms with van der Waals surface area (Å²) in [6.07, 6.45) is 1.46. The molecular formula is C23H24N6O5S. The Kier molecular flexibility index (Phi) is 6.82. The molecule has 2 aromatic carbocycles. The molecule has 0 saturated carbocycles. The van der Waals surface area contributed by atoms with E-state index in [9.17, 15) is 18.0 Å². The predicted octanol–water partition coefficient (Wildman–Crippen LogP) is 2.48. The number of carbonyl (C=O) groups is 2. The molecule has 0 unspecified atom stereocenters. The van der Waals surface area contributed by atoms with Crippen molar-refractivity contribution in [2.24, 2.45) is 0 Å². The van der Waals surface area contributed by atoms with Crippen LogP contribution >= 0.6 is 0 Å². The summed E-state index contributed by atoms with van der Waals surface area (Å²) in [5, 5.41) is 2.69. The maximum Gasteiger partial charge on any atom is 0.325 e. The number of aromatic nitrogens is 2. The van der Waals surface area contributed by atoms with E-state index in [2.05, 4.69) is 20.0 Å². The summed E-state index contributed by atoms with van der Waals surface area (Å²) in [7, 11) is -2.36. The molecule has 2 N–H and O–H groups in total. The van der Waals surface area contributed by atoms with E-state index in [4.69, 9.17) is 4.74 Å². The summed E-state index contributed by atoms with van der Waals surface area (Å²) in [6, 6.07) is 14.2. The maximum atomic E-state index is 12.8. The molecule has 4 rings (SSSR count). The summed E-state index contributed by atoms with van der Waals surface area (Å²) in [6.45, 7) is 2.39. The zero-order valence-electron chi connectivity index (χ0n) is 19.1. The van der Waals surface area contributed by atoms with Crippen LogP contribution in [-0.2, 0) is 14.8 Å². The van der Waals surface area contributed by atoms with Crippen molar-refractivity contribution in [2.45, 2.75) is 11.8 Å². The number of anilines is 3. The van der Waals surface area contributed by atoms with Crippen molar-refractivity contribution in [3.63, 3.8) is 0 Å². The molecule has 3 amide bonds. The largest absolute Gasteiger partial charge is 0.495 e. The van der Waals surface area contributed by atoms with Gasteiger partial charge in [0.25, 0.3) is 10.0 Å². The molecule has 1 aliphatic rings. The van der Waals surface area contributed by atoms with Gasteiger partial charge in [0, 0.05) is 30.7 Å². The number of nitrogens with zero attached hydrogens (tertiary/aromatic N) is 4. The van der Waals surface area contributed by atoms with Crippen LogP contribution in [0.15, 0.2) is 65.7 Å². The van der Waals surface area contributed by atoms with Crippen LogP contribution in [0.2, 0.25) is 0 Å². The Morgan fingerprint density at radius 3 is 2.54 bits per heavy atom. The van der Waals surface area contributed by atoms with E-state index in [0.717, 1.165) is 0 Å². The van der Waals surface area contributed by atoms with Crippen molar-refractivity contribution in [1.82, 2.24) is 14.9 Å². The van der Waals surface area contributed by atoms with Gasteiger partial charge in [0.05, 0.1) is 17.7 Å². The Morgan fingerprint density at radius 1 is 1.09 bits per heavy atom. The number of amides is 3. The minimum atomic E-state index is -3.90. The Balaban J connectivity index is 1.36. The molecular weight excluding hydrogens is 472 g/mol. The number of hydrogen-bond donors (Lipinski definition) is 2. The molecule has 1 aromatic heterocycles. The van der Waals surface area contributed by atoms with Crippen LogP contribution in [0, 0.1) is 6.92 Å². The predicted molar refractivity (Wildman–Crippen MR) is 130 cm³/mol. The van der Waals surface area contributed by atoms with E-state index >= 15 is 0 Å². The van der Waals surface area contributed by atoms with Gasteiger partial charge in [-0.05, 0) is 49.4 Å². The lowest BCUT2D eigenvalue weighted by atomic mass is 10.2. The summed E-state index contributed by atoms with van der Waals surface area (Å²) >= 11 is 0. The lowest BCUT2D eigenvalue weighted by Gasteiger charge is -2.20. The van der Waals surface area contributed by atoms with Gasteiger partial charge in [0.1, 0.15) is 12.3 Å². The number of aryl methyl sites for hydroxylation is 1. The van der Waals surface area contributed by atoms with Crippen molar-refractivity contribution < 1.29 is 22.7 Å². The molecule has 0 spiro atoms. The normalized spacial score (nSPS) is 13.6. The van der Waals surface area contributed by atoms with Crippen LogP contribution < -0.4 is 19.7 Å². The average Bonchev–Trinajstić information content (AvgIpc) is 3.18. The van der Waals surface area contributed by atoms with Gasteiger partial charge in [-0.1, -0.05) is 12.1 Å². The van der Waals surface area contributed by atoms with Gasteiger partial charge in [-0.3, -0.25) is 9.69 Å². The van der Waals surface area contributed by atoms with Gasteiger partial charge < -0.3 is 15.0 Å². The van der Waals surface area contributed by atoms with E-state index in [-0.39, 0.29) is 23.4 Å². The lowest BCUT2D eigenvalue weighted by Crippen LogP contribution is -2.37. The fourth-order valence-electron chi connectivity index (χ4n) is 3.57. The fourth-order valence-corrected chi connectivity index (χ4v) is 4.53. The molecule has 1 fully saturated rings. The molecule has 0 aliphatic carbocycles. The molecule has 1 saturated heterocycles. The molecule has 11 nitrogen and oxygen atoms in total. The second kappa shape index (κ2) is 9.97. The number of benzene rings is 2. The third-order valence-corrected chi connectivity index (χ3v) is 6.62. The van der Waals surface area contributed by atoms with Crippen LogP contribution in [0.3, 0.4) is 0 Å². The Labute approximate surface area is 202 Å². The van der Waals surface area contributed by atoms with Gasteiger partial charge in [-0.15, -0.1) is 0 Å². The SMILES string of the molecule is COc1ccccc1N1CCN(CC(=O)Nc2ccc(S(=O)(=O)Nc3nccc(C)n3)cc2)C1=O. The number of urea groups is 1. The van der Waals surface area contributed by atoms with Crippen LogP contribution in [0.5, 0.6) is 5.75 Å². The van der Waals surface area contributed by atoms with E-state index in [0.29, 0.717) is 35.9 Å². The van der Waals surface area contributed by atoms with Gasteiger partial charge >= 0.3 is 6.03 Å². The van der Waals surface area contributed by atoms with Crippen molar-refractivity contribution in [3.05, 3.63) is 66.5 Å². The summed E-state index contributed by atoms with van der Waals surface area (Å²) in [5.74, 6) is 0.146. The van der Waals surface area contributed by atoms with Gasteiger partial charge in [0.2, 0.25) is 11.9 Å². The summed E-state index contributed by atoms with van der Waals surface area (Å²) in [4.78, 5) is 36.3. The highest BCUT2D eigenvalue weighted by molar-refractivity contribution is 7.92. The highest BCUT2D eigenvalue weighted by Crippen LogP contribution is 2.30. The van der Waals surface area contributed by atoms with Crippen LogP contribution in [-0.4, -0.2) is 62.0 Å². The number of sulfonamides is 1. The standard InChI is InChI=1S/C23H24N6O5S/c1-16-11-12-24-22(25-16)27-35(32,33)18-9-7-17(8-10-18)26-21(30)15-28-13-14-29(23(28)31)19-5-3-4-6-20(19)34-2/h3-12H,13-15H2,1-2H3,(H,26,30)(H,24,25,27). The van der Waals surface area contributed by atoms with Crippen molar-refractivity contribution in [3.8, 4) is 5.75 Å². The number of ether oxygens (including phenoxy) is 1.